The zero-order chi connectivity index (χ0) is 16.5. The fraction of sp³-hybridized carbons (Fsp3) is 0.389. The van der Waals surface area contributed by atoms with Crippen LogP contribution in [-0.2, 0) is 6.42 Å². The Morgan fingerprint density at radius 2 is 1.79 bits per heavy atom. The fourth-order valence-electron chi connectivity index (χ4n) is 3.28. The monoisotopic (exact) mass is 323 g/mol. The van der Waals surface area contributed by atoms with Crippen molar-refractivity contribution in [2.45, 2.75) is 20.3 Å². The van der Waals surface area contributed by atoms with Crippen molar-refractivity contribution in [1.82, 2.24) is 15.0 Å². The van der Waals surface area contributed by atoms with Crippen molar-refractivity contribution in [3.63, 3.8) is 0 Å². The van der Waals surface area contributed by atoms with Crippen molar-refractivity contribution in [2.75, 3.05) is 36.0 Å². The number of anilines is 2. The highest BCUT2D eigenvalue weighted by atomic mass is 16.4. The fourth-order valence-corrected chi connectivity index (χ4v) is 3.28. The van der Waals surface area contributed by atoms with Crippen LogP contribution in [0.25, 0.3) is 11.1 Å². The lowest BCUT2D eigenvalue weighted by Gasteiger charge is -2.35. The molecule has 1 saturated heterocycles. The van der Waals surface area contributed by atoms with Gasteiger partial charge in [-0.2, -0.15) is 4.98 Å². The highest BCUT2D eigenvalue weighted by Gasteiger charge is 2.23. The van der Waals surface area contributed by atoms with E-state index in [0.717, 1.165) is 55.2 Å². The Labute approximate surface area is 141 Å². The Balaban J connectivity index is 1.52. The number of piperazine rings is 1. The maximum Gasteiger partial charge on any atom is 0.298 e. The first-order valence-electron chi connectivity index (χ1n) is 8.42. The molecule has 0 unspecified atom stereocenters. The molecule has 1 aromatic carbocycles. The Kier molecular flexibility index (Phi) is 3.80. The van der Waals surface area contributed by atoms with Crippen LogP contribution >= 0.6 is 0 Å². The summed E-state index contributed by atoms with van der Waals surface area (Å²) in [5, 5.41) is 0. The van der Waals surface area contributed by atoms with Gasteiger partial charge in [-0.1, -0.05) is 19.1 Å². The van der Waals surface area contributed by atoms with Gasteiger partial charge in [0, 0.05) is 37.4 Å². The maximum absolute atomic E-state index is 5.88. The number of rotatable bonds is 3. The number of fused-ring (bicyclic) bond motifs is 1. The minimum absolute atomic E-state index is 0.713. The molecule has 1 aliphatic heterocycles. The lowest BCUT2D eigenvalue weighted by atomic mass is 10.1. The van der Waals surface area contributed by atoms with Gasteiger partial charge < -0.3 is 14.2 Å². The number of aryl methyl sites for hydroxylation is 1. The van der Waals surface area contributed by atoms with Gasteiger partial charge in [-0.3, -0.25) is 0 Å². The highest BCUT2D eigenvalue weighted by Crippen LogP contribution is 2.25. The van der Waals surface area contributed by atoms with Gasteiger partial charge in [-0.15, -0.1) is 0 Å². The second kappa shape index (κ2) is 6.11. The summed E-state index contributed by atoms with van der Waals surface area (Å²) < 4.78 is 5.88. The average Bonchev–Trinajstić information content (AvgIpc) is 3.06. The van der Waals surface area contributed by atoms with Crippen LogP contribution in [0.3, 0.4) is 0 Å². The number of hydrogen-bond donors (Lipinski definition) is 0. The van der Waals surface area contributed by atoms with Crippen molar-refractivity contribution in [1.29, 1.82) is 0 Å². The van der Waals surface area contributed by atoms with Gasteiger partial charge >= 0.3 is 0 Å². The number of aromatic nitrogens is 3. The molecule has 1 aliphatic rings. The standard InChI is InChI=1S/C18H21N5O/c1-3-14-13(2)19-12-20-17(14)22-8-10-23(11-9-22)18-21-15-6-4-5-7-16(15)24-18/h4-7,12H,3,8-11H2,1-2H3. The molecule has 0 radical (unpaired) electrons. The first-order valence-corrected chi connectivity index (χ1v) is 8.42. The molecule has 0 spiro atoms. The molecule has 0 amide bonds. The molecule has 124 valence electrons. The lowest BCUT2D eigenvalue weighted by Crippen LogP contribution is -2.47. The van der Waals surface area contributed by atoms with Crippen LogP contribution in [0.15, 0.2) is 35.0 Å². The number of benzene rings is 1. The summed E-state index contributed by atoms with van der Waals surface area (Å²) >= 11 is 0. The summed E-state index contributed by atoms with van der Waals surface area (Å²) in [6.07, 6.45) is 2.62. The maximum atomic E-state index is 5.88. The van der Waals surface area contributed by atoms with E-state index in [0.29, 0.717) is 6.01 Å². The molecule has 2 aromatic heterocycles. The van der Waals surface area contributed by atoms with E-state index in [1.807, 2.05) is 24.3 Å². The molecule has 6 heteroatoms. The molecule has 3 heterocycles. The van der Waals surface area contributed by atoms with Crippen LogP contribution in [0.2, 0.25) is 0 Å². The van der Waals surface area contributed by atoms with Crippen LogP contribution in [-0.4, -0.2) is 41.1 Å². The summed E-state index contributed by atoms with van der Waals surface area (Å²) in [6.45, 7) is 7.77. The molecule has 24 heavy (non-hydrogen) atoms. The van der Waals surface area contributed by atoms with Crippen molar-refractivity contribution in [3.8, 4) is 0 Å². The molecule has 4 rings (SSSR count). The van der Waals surface area contributed by atoms with Crippen LogP contribution in [0.5, 0.6) is 0 Å². The van der Waals surface area contributed by atoms with E-state index in [2.05, 4.69) is 38.6 Å². The van der Waals surface area contributed by atoms with E-state index in [4.69, 9.17) is 4.42 Å². The van der Waals surface area contributed by atoms with E-state index in [-0.39, 0.29) is 0 Å². The topological polar surface area (TPSA) is 58.3 Å². The summed E-state index contributed by atoms with van der Waals surface area (Å²) in [5.41, 5.74) is 4.07. The van der Waals surface area contributed by atoms with Crippen molar-refractivity contribution >= 4 is 22.9 Å². The van der Waals surface area contributed by atoms with E-state index in [1.54, 1.807) is 6.33 Å². The molecule has 0 atom stereocenters. The second-order valence-corrected chi connectivity index (χ2v) is 6.05. The van der Waals surface area contributed by atoms with Crippen molar-refractivity contribution in [2.24, 2.45) is 0 Å². The van der Waals surface area contributed by atoms with Gasteiger partial charge in [0.15, 0.2) is 5.58 Å². The smallest absolute Gasteiger partial charge is 0.298 e. The normalized spacial score (nSPS) is 15.2. The summed E-state index contributed by atoms with van der Waals surface area (Å²) in [6, 6.07) is 8.61. The van der Waals surface area contributed by atoms with E-state index < -0.39 is 0 Å². The van der Waals surface area contributed by atoms with Crippen LogP contribution < -0.4 is 9.80 Å². The predicted octanol–water partition coefficient (Wildman–Crippen LogP) is 2.82. The minimum Gasteiger partial charge on any atom is -0.423 e. The Morgan fingerprint density at radius 3 is 2.54 bits per heavy atom. The first-order chi connectivity index (χ1) is 11.8. The predicted molar refractivity (Wildman–Crippen MR) is 94.6 cm³/mol. The summed E-state index contributed by atoms with van der Waals surface area (Å²) in [5.74, 6) is 1.07. The van der Waals surface area contributed by atoms with Gasteiger partial charge in [0.05, 0.1) is 0 Å². The van der Waals surface area contributed by atoms with Crippen LogP contribution in [0.1, 0.15) is 18.2 Å². The second-order valence-electron chi connectivity index (χ2n) is 6.05. The SMILES string of the molecule is CCc1c(C)ncnc1N1CCN(c2nc3ccccc3o2)CC1. The van der Waals surface area contributed by atoms with Crippen LogP contribution in [0.4, 0.5) is 11.8 Å². The summed E-state index contributed by atoms with van der Waals surface area (Å²) in [7, 11) is 0. The van der Waals surface area contributed by atoms with Gasteiger partial charge in [-0.05, 0) is 25.5 Å². The quantitative estimate of drug-likeness (QED) is 0.739. The van der Waals surface area contributed by atoms with Gasteiger partial charge in [0.25, 0.3) is 6.01 Å². The molecule has 6 nitrogen and oxygen atoms in total. The minimum atomic E-state index is 0.713. The molecule has 0 saturated carbocycles. The third-order valence-corrected chi connectivity index (χ3v) is 4.62. The molecule has 0 aliphatic carbocycles. The molecule has 3 aromatic rings. The zero-order valence-electron chi connectivity index (χ0n) is 14.1. The lowest BCUT2D eigenvalue weighted by molar-refractivity contribution is 0.540. The first kappa shape index (κ1) is 14.9. The third-order valence-electron chi connectivity index (χ3n) is 4.62. The van der Waals surface area contributed by atoms with Crippen LogP contribution in [0, 0.1) is 6.92 Å². The Hall–Kier alpha value is -2.63. The van der Waals surface area contributed by atoms with E-state index in [1.165, 1.54) is 5.56 Å². The Bertz CT molecular complexity index is 818. The number of hydrogen-bond acceptors (Lipinski definition) is 6. The molecule has 0 N–H and O–H groups in total. The van der Waals surface area contributed by atoms with Gasteiger partial charge in [0.1, 0.15) is 17.7 Å². The third kappa shape index (κ3) is 2.58. The molecular formula is C18H21N5O. The molecule has 0 bridgehead atoms. The van der Waals surface area contributed by atoms with Gasteiger partial charge in [0.2, 0.25) is 0 Å². The molecule has 1 fully saturated rings. The largest absolute Gasteiger partial charge is 0.423 e. The highest BCUT2D eigenvalue weighted by molar-refractivity contribution is 5.74. The Morgan fingerprint density at radius 1 is 1.04 bits per heavy atom. The van der Waals surface area contributed by atoms with E-state index >= 15 is 0 Å². The number of para-hydroxylation sites is 2. The van der Waals surface area contributed by atoms with Gasteiger partial charge in [-0.25, -0.2) is 9.97 Å². The van der Waals surface area contributed by atoms with Crippen molar-refractivity contribution < 1.29 is 4.42 Å². The average molecular weight is 323 g/mol. The summed E-state index contributed by atoms with van der Waals surface area (Å²) in [4.78, 5) is 18.0. The number of nitrogens with zero attached hydrogens (tertiary/aromatic N) is 5. The van der Waals surface area contributed by atoms with E-state index in [9.17, 15) is 0 Å². The molecular weight excluding hydrogens is 302 g/mol. The number of oxazole rings is 1. The zero-order valence-corrected chi connectivity index (χ0v) is 14.1. The van der Waals surface area contributed by atoms with Crippen molar-refractivity contribution in [3.05, 3.63) is 41.9 Å².